The summed E-state index contributed by atoms with van der Waals surface area (Å²) in [6, 6.07) is 7.43. The molecule has 1 amide bonds. The number of ether oxygens (including phenoxy) is 1. The molecule has 6 nitrogen and oxygen atoms in total. The lowest BCUT2D eigenvalue weighted by atomic mass is 10.1. The Kier molecular flexibility index (Phi) is 3.70. The van der Waals surface area contributed by atoms with Crippen molar-refractivity contribution in [1.82, 2.24) is 20.1 Å². The van der Waals surface area contributed by atoms with Gasteiger partial charge in [0.25, 0.3) is 5.91 Å². The standard InChI is InChI=1S/C15H18N4O2/c1-10-9-19(6-7-21-10)15(20)13-5-3-4-12(8-13)14-16-11(2)17-18-14/h3-5,8,10H,6-7,9H2,1-2H3,(H,16,17,18)/t10-/m0/s1. The van der Waals surface area contributed by atoms with Gasteiger partial charge in [0.1, 0.15) is 5.82 Å². The number of carbonyl (C=O) groups excluding carboxylic acids is 1. The number of nitrogens with one attached hydrogen (secondary N) is 1. The number of hydrogen-bond donors (Lipinski definition) is 1. The average Bonchev–Trinajstić information content (AvgIpc) is 2.93. The highest BCUT2D eigenvalue weighted by molar-refractivity contribution is 5.95. The Morgan fingerprint density at radius 2 is 2.33 bits per heavy atom. The number of aryl methyl sites for hydroxylation is 1. The Bertz CT molecular complexity index is 653. The minimum atomic E-state index is 0.0271. The number of aromatic amines is 1. The molecule has 110 valence electrons. The average molecular weight is 286 g/mol. The van der Waals surface area contributed by atoms with Crippen molar-refractivity contribution in [3.63, 3.8) is 0 Å². The molecule has 6 heteroatoms. The molecule has 3 rings (SSSR count). The highest BCUT2D eigenvalue weighted by Gasteiger charge is 2.22. The molecule has 0 spiro atoms. The van der Waals surface area contributed by atoms with E-state index in [0.717, 1.165) is 11.4 Å². The van der Waals surface area contributed by atoms with Crippen LogP contribution in [0.4, 0.5) is 0 Å². The third kappa shape index (κ3) is 2.95. The second-order valence-corrected chi connectivity index (χ2v) is 5.26. The number of rotatable bonds is 2. The van der Waals surface area contributed by atoms with E-state index in [2.05, 4.69) is 15.2 Å². The molecule has 0 aliphatic carbocycles. The normalized spacial score (nSPS) is 18.8. The Labute approximate surface area is 123 Å². The van der Waals surface area contributed by atoms with Gasteiger partial charge in [0, 0.05) is 24.2 Å². The van der Waals surface area contributed by atoms with Crippen LogP contribution >= 0.6 is 0 Å². The van der Waals surface area contributed by atoms with Crippen molar-refractivity contribution >= 4 is 5.91 Å². The van der Waals surface area contributed by atoms with Gasteiger partial charge in [-0.2, -0.15) is 5.10 Å². The SMILES string of the molecule is Cc1nc(-c2cccc(C(=O)N3CCO[C@@H](C)C3)c2)n[nH]1. The molecule has 1 aromatic carbocycles. The van der Waals surface area contributed by atoms with Crippen LogP contribution in [0.2, 0.25) is 0 Å². The van der Waals surface area contributed by atoms with Gasteiger partial charge in [0.2, 0.25) is 0 Å². The van der Waals surface area contributed by atoms with E-state index in [4.69, 9.17) is 4.74 Å². The van der Waals surface area contributed by atoms with Gasteiger partial charge >= 0.3 is 0 Å². The molecule has 1 aromatic heterocycles. The number of morpholine rings is 1. The first kappa shape index (κ1) is 13.8. The van der Waals surface area contributed by atoms with Gasteiger partial charge in [0.05, 0.1) is 12.7 Å². The van der Waals surface area contributed by atoms with E-state index in [1.807, 2.05) is 43.0 Å². The largest absolute Gasteiger partial charge is 0.375 e. The van der Waals surface area contributed by atoms with Crippen molar-refractivity contribution in [2.75, 3.05) is 19.7 Å². The Balaban J connectivity index is 1.84. The van der Waals surface area contributed by atoms with Crippen LogP contribution in [0.15, 0.2) is 24.3 Å². The summed E-state index contributed by atoms with van der Waals surface area (Å²) in [4.78, 5) is 18.7. The fourth-order valence-corrected chi connectivity index (χ4v) is 2.45. The number of hydrogen-bond acceptors (Lipinski definition) is 4. The summed E-state index contributed by atoms with van der Waals surface area (Å²) in [5.41, 5.74) is 1.50. The monoisotopic (exact) mass is 286 g/mol. The van der Waals surface area contributed by atoms with E-state index in [1.54, 1.807) is 0 Å². The highest BCUT2D eigenvalue weighted by Crippen LogP contribution is 2.18. The smallest absolute Gasteiger partial charge is 0.254 e. The molecule has 2 aromatic rings. The van der Waals surface area contributed by atoms with Gasteiger partial charge in [-0.05, 0) is 26.0 Å². The molecule has 1 atom stereocenters. The fraction of sp³-hybridized carbons (Fsp3) is 0.400. The maximum atomic E-state index is 12.6. The first-order chi connectivity index (χ1) is 10.1. The van der Waals surface area contributed by atoms with Crippen molar-refractivity contribution < 1.29 is 9.53 Å². The minimum Gasteiger partial charge on any atom is -0.375 e. The van der Waals surface area contributed by atoms with Crippen LogP contribution < -0.4 is 0 Å². The molecule has 21 heavy (non-hydrogen) atoms. The summed E-state index contributed by atoms with van der Waals surface area (Å²) in [6.45, 7) is 5.68. The second-order valence-electron chi connectivity index (χ2n) is 5.26. The van der Waals surface area contributed by atoms with Crippen molar-refractivity contribution in [2.45, 2.75) is 20.0 Å². The van der Waals surface area contributed by atoms with Crippen molar-refractivity contribution in [1.29, 1.82) is 0 Å². The lowest BCUT2D eigenvalue weighted by Gasteiger charge is -2.31. The van der Waals surface area contributed by atoms with Gasteiger partial charge in [-0.15, -0.1) is 0 Å². The lowest BCUT2D eigenvalue weighted by molar-refractivity contribution is -0.0124. The van der Waals surface area contributed by atoms with Crippen LogP contribution in [-0.4, -0.2) is 51.8 Å². The van der Waals surface area contributed by atoms with Gasteiger partial charge in [-0.25, -0.2) is 4.98 Å². The number of H-pyrrole nitrogens is 1. The number of nitrogens with zero attached hydrogens (tertiary/aromatic N) is 3. The minimum absolute atomic E-state index is 0.0271. The third-order valence-electron chi connectivity index (χ3n) is 3.49. The van der Waals surface area contributed by atoms with Crippen LogP contribution in [0, 0.1) is 6.92 Å². The van der Waals surface area contributed by atoms with E-state index in [-0.39, 0.29) is 12.0 Å². The Hall–Kier alpha value is -2.21. The summed E-state index contributed by atoms with van der Waals surface area (Å²) in [6.07, 6.45) is 0.0848. The second kappa shape index (κ2) is 5.65. The maximum absolute atomic E-state index is 12.6. The summed E-state index contributed by atoms with van der Waals surface area (Å²) in [5.74, 6) is 1.39. The summed E-state index contributed by atoms with van der Waals surface area (Å²) in [7, 11) is 0. The van der Waals surface area contributed by atoms with Crippen LogP contribution in [0.25, 0.3) is 11.4 Å². The maximum Gasteiger partial charge on any atom is 0.254 e. The first-order valence-electron chi connectivity index (χ1n) is 7.04. The van der Waals surface area contributed by atoms with Gasteiger partial charge in [-0.1, -0.05) is 12.1 Å². The molecule has 1 N–H and O–H groups in total. The highest BCUT2D eigenvalue weighted by atomic mass is 16.5. The zero-order valence-corrected chi connectivity index (χ0v) is 12.2. The van der Waals surface area contributed by atoms with Gasteiger partial charge in [-0.3, -0.25) is 9.89 Å². The molecule has 0 unspecified atom stereocenters. The summed E-state index contributed by atoms with van der Waals surface area (Å²) >= 11 is 0. The molecular formula is C15H18N4O2. The van der Waals surface area contributed by atoms with Crippen LogP contribution in [0.1, 0.15) is 23.1 Å². The van der Waals surface area contributed by atoms with E-state index >= 15 is 0 Å². The van der Waals surface area contributed by atoms with Crippen molar-refractivity contribution in [3.8, 4) is 11.4 Å². The number of aromatic nitrogens is 3. The predicted octanol–water partition coefficient (Wildman–Crippen LogP) is 1.64. The number of amides is 1. The van der Waals surface area contributed by atoms with Gasteiger partial charge in [0.15, 0.2) is 5.82 Å². The lowest BCUT2D eigenvalue weighted by Crippen LogP contribution is -2.44. The topological polar surface area (TPSA) is 71.1 Å². The summed E-state index contributed by atoms with van der Waals surface area (Å²) in [5, 5.41) is 6.94. The van der Waals surface area contributed by atoms with Gasteiger partial charge < -0.3 is 9.64 Å². The van der Waals surface area contributed by atoms with E-state index < -0.39 is 0 Å². The zero-order valence-electron chi connectivity index (χ0n) is 12.2. The van der Waals surface area contributed by atoms with Crippen molar-refractivity contribution in [3.05, 3.63) is 35.7 Å². The number of benzene rings is 1. The Morgan fingerprint density at radius 3 is 3.05 bits per heavy atom. The van der Waals surface area contributed by atoms with E-state index in [9.17, 15) is 4.79 Å². The zero-order chi connectivity index (χ0) is 14.8. The molecule has 1 aliphatic heterocycles. The molecule has 1 saturated heterocycles. The van der Waals surface area contributed by atoms with Crippen LogP contribution in [0.5, 0.6) is 0 Å². The van der Waals surface area contributed by atoms with Crippen molar-refractivity contribution in [2.24, 2.45) is 0 Å². The third-order valence-corrected chi connectivity index (χ3v) is 3.49. The molecule has 1 fully saturated rings. The fourth-order valence-electron chi connectivity index (χ4n) is 2.45. The van der Waals surface area contributed by atoms with E-state index in [1.165, 1.54) is 0 Å². The van der Waals surface area contributed by atoms with Crippen LogP contribution in [-0.2, 0) is 4.74 Å². The molecular weight excluding hydrogens is 268 g/mol. The molecule has 1 aliphatic rings. The molecule has 2 heterocycles. The molecule has 0 radical (unpaired) electrons. The predicted molar refractivity (Wildman–Crippen MR) is 77.9 cm³/mol. The molecule has 0 saturated carbocycles. The molecule has 0 bridgehead atoms. The Morgan fingerprint density at radius 1 is 1.48 bits per heavy atom. The first-order valence-corrected chi connectivity index (χ1v) is 7.04. The number of carbonyl (C=O) groups is 1. The van der Waals surface area contributed by atoms with E-state index in [0.29, 0.717) is 31.1 Å². The quantitative estimate of drug-likeness (QED) is 0.911. The van der Waals surface area contributed by atoms with Crippen LogP contribution in [0.3, 0.4) is 0 Å². The summed E-state index contributed by atoms with van der Waals surface area (Å²) < 4.78 is 5.47.